The van der Waals surface area contributed by atoms with E-state index < -0.39 is 17.7 Å². The molecule has 0 aliphatic carbocycles. The Morgan fingerprint density at radius 2 is 2.06 bits per heavy atom. The first-order valence-electron chi connectivity index (χ1n) is 9.81. The second-order valence-corrected chi connectivity index (χ2v) is 7.54. The smallest absolute Gasteiger partial charge is 0.433 e. The number of benzene rings is 1. The van der Waals surface area contributed by atoms with E-state index in [9.17, 15) is 22.4 Å². The van der Waals surface area contributed by atoms with Crippen LogP contribution in [0.4, 0.5) is 17.6 Å². The third-order valence-corrected chi connectivity index (χ3v) is 5.22. The molecule has 0 radical (unpaired) electrons. The molecule has 1 aliphatic heterocycles. The third kappa shape index (κ3) is 4.62. The molecule has 1 aliphatic rings. The van der Waals surface area contributed by atoms with Crippen molar-refractivity contribution in [3.63, 3.8) is 0 Å². The lowest BCUT2D eigenvalue weighted by Gasteiger charge is -2.31. The van der Waals surface area contributed by atoms with Crippen LogP contribution in [-0.4, -0.2) is 45.1 Å². The maximum atomic E-state index is 13.4. The summed E-state index contributed by atoms with van der Waals surface area (Å²) in [7, 11) is 0. The average Bonchev–Trinajstić information content (AvgIpc) is 3.14. The van der Waals surface area contributed by atoms with Crippen LogP contribution < -0.4 is 4.74 Å². The number of likely N-dealkylation sites (tertiary alicyclic amines) is 1. The molecule has 1 unspecified atom stereocenters. The van der Waals surface area contributed by atoms with Gasteiger partial charge in [-0.25, -0.2) is 13.9 Å². The highest BCUT2D eigenvalue weighted by Crippen LogP contribution is 2.32. The number of ether oxygens (including phenoxy) is 1. The molecule has 2 aromatic heterocycles. The quantitative estimate of drug-likeness (QED) is 0.581. The predicted octanol–water partition coefficient (Wildman–Crippen LogP) is 3.98. The molecule has 0 saturated carbocycles. The van der Waals surface area contributed by atoms with Gasteiger partial charge in [0.05, 0.1) is 5.69 Å². The molecule has 1 fully saturated rings. The lowest BCUT2D eigenvalue weighted by molar-refractivity contribution is -0.142. The molecule has 0 bridgehead atoms. The van der Waals surface area contributed by atoms with Crippen LogP contribution >= 0.6 is 0 Å². The van der Waals surface area contributed by atoms with Gasteiger partial charge in [-0.05, 0) is 38.0 Å². The Labute approximate surface area is 175 Å². The minimum atomic E-state index is -4.56. The molecule has 1 saturated heterocycles. The number of aryl methyl sites for hydroxylation is 1. The van der Waals surface area contributed by atoms with Crippen LogP contribution in [0.3, 0.4) is 0 Å². The molecular weight excluding hydrogens is 416 g/mol. The zero-order chi connectivity index (χ0) is 22.2. The Morgan fingerprint density at radius 3 is 2.81 bits per heavy atom. The van der Waals surface area contributed by atoms with Crippen LogP contribution in [-0.2, 0) is 11.0 Å². The monoisotopic (exact) mass is 436 g/mol. The lowest BCUT2D eigenvalue weighted by atomic mass is 9.95. The van der Waals surface area contributed by atoms with Gasteiger partial charge in [-0.1, -0.05) is 6.07 Å². The molecule has 164 valence electrons. The number of piperidine rings is 1. The van der Waals surface area contributed by atoms with Crippen LogP contribution in [0.5, 0.6) is 5.75 Å². The van der Waals surface area contributed by atoms with Gasteiger partial charge in [0.25, 0.3) is 5.91 Å². The van der Waals surface area contributed by atoms with Gasteiger partial charge in [0.1, 0.15) is 17.3 Å². The summed E-state index contributed by atoms with van der Waals surface area (Å²) in [6.07, 6.45) is -3.18. The summed E-state index contributed by atoms with van der Waals surface area (Å²) in [6, 6.07) is 8.02. The fourth-order valence-electron chi connectivity index (χ4n) is 3.76. The Morgan fingerprint density at radius 1 is 1.26 bits per heavy atom. The largest absolute Gasteiger partial charge is 0.484 e. The molecule has 1 amide bonds. The van der Waals surface area contributed by atoms with E-state index in [2.05, 4.69) is 10.1 Å². The van der Waals surface area contributed by atoms with Crippen LogP contribution in [0.25, 0.3) is 5.65 Å². The summed E-state index contributed by atoms with van der Waals surface area (Å²) >= 11 is 0. The van der Waals surface area contributed by atoms with E-state index in [1.807, 2.05) is 0 Å². The minimum absolute atomic E-state index is 0.125. The molecule has 6 nitrogen and oxygen atoms in total. The molecule has 0 N–H and O–H groups in total. The normalized spacial score (nSPS) is 17.2. The van der Waals surface area contributed by atoms with Crippen LogP contribution in [0, 0.1) is 12.7 Å². The van der Waals surface area contributed by atoms with Gasteiger partial charge in [0.2, 0.25) is 0 Å². The van der Waals surface area contributed by atoms with Crippen LogP contribution in [0.15, 0.2) is 36.4 Å². The fourth-order valence-corrected chi connectivity index (χ4v) is 3.76. The molecule has 3 heterocycles. The van der Waals surface area contributed by atoms with E-state index in [1.54, 1.807) is 17.0 Å². The highest BCUT2D eigenvalue weighted by atomic mass is 19.4. The van der Waals surface area contributed by atoms with Crippen molar-refractivity contribution >= 4 is 11.6 Å². The molecule has 3 aromatic rings. The highest BCUT2D eigenvalue weighted by molar-refractivity contribution is 5.78. The van der Waals surface area contributed by atoms with Gasteiger partial charge in [0, 0.05) is 36.8 Å². The van der Waals surface area contributed by atoms with Crippen LogP contribution in [0.1, 0.15) is 35.8 Å². The zero-order valence-electron chi connectivity index (χ0n) is 16.7. The molecule has 10 heteroatoms. The van der Waals surface area contributed by atoms with Crippen molar-refractivity contribution in [3.05, 3.63) is 59.3 Å². The van der Waals surface area contributed by atoms with Crippen molar-refractivity contribution in [1.29, 1.82) is 0 Å². The number of aromatic nitrogens is 3. The Balaban J connectivity index is 1.49. The molecule has 0 spiro atoms. The number of hydrogen-bond acceptors (Lipinski definition) is 4. The van der Waals surface area contributed by atoms with E-state index >= 15 is 0 Å². The number of carbonyl (C=O) groups excluding carboxylic acids is 1. The zero-order valence-corrected chi connectivity index (χ0v) is 16.7. The maximum Gasteiger partial charge on any atom is 0.433 e. The van der Waals surface area contributed by atoms with E-state index in [0.717, 1.165) is 10.6 Å². The molecule has 1 atom stereocenters. The van der Waals surface area contributed by atoms with Gasteiger partial charge in [-0.2, -0.15) is 18.3 Å². The van der Waals surface area contributed by atoms with E-state index in [4.69, 9.17) is 4.74 Å². The number of carbonyl (C=O) groups is 1. The topological polar surface area (TPSA) is 59.7 Å². The first-order valence-corrected chi connectivity index (χ1v) is 9.81. The molecular formula is C21H20F4N4O2. The van der Waals surface area contributed by atoms with Crippen molar-refractivity contribution in [2.75, 3.05) is 19.7 Å². The minimum Gasteiger partial charge on any atom is -0.484 e. The van der Waals surface area contributed by atoms with Gasteiger partial charge in [0.15, 0.2) is 12.3 Å². The van der Waals surface area contributed by atoms with Crippen molar-refractivity contribution in [2.45, 2.75) is 31.9 Å². The van der Waals surface area contributed by atoms with Crippen molar-refractivity contribution in [2.24, 2.45) is 0 Å². The van der Waals surface area contributed by atoms with E-state index in [1.165, 1.54) is 25.1 Å². The number of halogens is 4. The number of nitrogens with zero attached hydrogens (tertiary/aromatic N) is 4. The van der Waals surface area contributed by atoms with Crippen molar-refractivity contribution in [3.8, 4) is 5.75 Å². The summed E-state index contributed by atoms with van der Waals surface area (Å²) in [5.74, 6) is -0.696. The van der Waals surface area contributed by atoms with E-state index in [0.29, 0.717) is 31.6 Å². The first-order chi connectivity index (χ1) is 14.7. The number of fused-ring (bicyclic) bond motifs is 1. The molecule has 31 heavy (non-hydrogen) atoms. The van der Waals surface area contributed by atoms with Gasteiger partial charge in [-0.15, -0.1) is 0 Å². The van der Waals surface area contributed by atoms with Crippen molar-refractivity contribution in [1.82, 2.24) is 19.5 Å². The van der Waals surface area contributed by atoms with Gasteiger partial charge >= 0.3 is 6.18 Å². The molecule has 4 rings (SSSR count). The van der Waals surface area contributed by atoms with Crippen LogP contribution in [0.2, 0.25) is 0 Å². The summed E-state index contributed by atoms with van der Waals surface area (Å²) in [5.41, 5.74) is -0.0398. The SMILES string of the molecule is Cc1cc(C(F)(F)F)n2nc(C3CCCN(C(=O)COc4cccc(F)c4)C3)cc2n1. The second kappa shape index (κ2) is 8.16. The Kier molecular flexibility index (Phi) is 5.55. The maximum absolute atomic E-state index is 13.4. The summed E-state index contributed by atoms with van der Waals surface area (Å²) < 4.78 is 59.6. The summed E-state index contributed by atoms with van der Waals surface area (Å²) in [6.45, 7) is 2.08. The first kappa shape index (κ1) is 21.1. The highest BCUT2D eigenvalue weighted by Gasteiger charge is 2.35. The van der Waals surface area contributed by atoms with E-state index in [-0.39, 0.29) is 35.5 Å². The average molecular weight is 436 g/mol. The predicted molar refractivity (Wildman–Crippen MR) is 103 cm³/mol. The lowest BCUT2D eigenvalue weighted by Crippen LogP contribution is -2.41. The fraction of sp³-hybridized carbons (Fsp3) is 0.381. The standard InChI is InChI=1S/C21H20F4N4O2/c1-13-8-18(21(23,24)25)29-19(26-13)10-17(27-29)14-4-3-7-28(11-14)20(30)12-31-16-6-2-5-15(22)9-16/h2,5-6,8-10,14H,3-4,7,11-12H2,1H3. The van der Waals surface area contributed by atoms with Gasteiger partial charge < -0.3 is 9.64 Å². The third-order valence-electron chi connectivity index (χ3n) is 5.22. The van der Waals surface area contributed by atoms with Gasteiger partial charge in [-0.3, -0.25) is 4.79 Å². The molecule has 1 aromatic carbocycles. The number of alkyl halides is 3. The Hall–Kier alpha value is -3.17. The second-order valence-electron chi connectivity index (χ2n) is 7.54. The van der Waals surface area contributed by atoms with Crippen molar-refractivity contribution < 1.29 is 27.1 Å². The summed E-state index contributed by atoms with van der Waals surface area (Å²) in [5, 5.41) is 4.16. The Bertz CT molecular complexity index is 1110. The number of hydrogen-bond donors (Lipinski definition) is 0. The summed E-state index contributed by atoms with van der Waals surface area (Å²) in [4.78, 5) is 18.3. The number of rotatable bonds is 4. The number of amides is 1.